The zero-order chi connectivity index (χ0) is 14.1. The second kappa shape index (κ2) is 5.50. The molecule has 3 aromatic rings. The van der Waals surface area contributed by atoms with Crippen LogP contribution in [0.5, 0.6) is 0 Å². The first-order chi connectivity index (χ1) is 9.63. The van der Waals surface area contributed by atoms with Crippen LogP contribution in [-0.2, 0) is 0 Å². The Bertz CT molecular complexity index is 787. The fourth-order valence-electron chi connectivity index (χ4n) is 2.05. The first kappa shape index (κ1) is 13.5. The fraction of sp³-hybridized carbons (Fsp3) is 0.0667. The molecule has 3 nitrogen and oxygen atoms in total. The molecule has 0 aliphatic rings. The summed E-state index contributed by atoms with van der Waals surface area (Å²) in [5, 5.41) is 4.44. The maximum absolute atomic E-state index is 4.53. The molecule has 5 heteroatoms. The average molecular weight is 393 g/mol. The Kier molecular flexibility index (Phi) is 3.72. The summed E-state index contributed by atoms with van der Waals surface area (Å²) in [6, 6.07) is 12.1. The first-order valence-corrected chi connectivity index (χ1v) is 7.66. The summed E-state index contributed by atoms with van der Waals surface area (Å²) >= 11 is 6.92. The van der Waals surface area contributed by atoms with Gasteiger partial charge in [0.2, 0.25) is 0 Å². The molecule has 0 atom stereocenters. The van der Waals surface area contributed by atoms with Gasteiger partial charge in [0.15, 0.2) is 0 Å². The van der Waals surface area contributed by atoms with Gasteiger partial charge in [-0.1, -0.05) is 18.2 Å². The molecule has 3 rings (SSSR count). The molecule has 0 aliphatic heterocycles. The Hall–Kier alpha value is -1.46. The zero-order valence-electron chi connectivity index (χ0n) is 10.7. The second-order valence-electron chi connectivity index (χ2n) is 4.44. The third-order valence-corrected chi connectivity index (χ3v) is 3.94. The standard InChI is InChI=1S/C15H11Br2N3/c1-9-6-14(11-4-2-3-5-13(11)19-9)20-15-12(17)7-10(16)8-18-15/h2-8H,1H3,(H,18,19,20). The fourth-order valence-corrected chi connectivity index (χ4v) is 3.13. The van der Waals surface area contributed by atoms with Gasteiger partial charge in [0.05, 0.1) is 15.7 Å². The maximum Gasteiger partial charge on any atom is 0.144 e. The van der Waals surface area contributed by atoms with Gasteiger partial charge >= 0.3 is 0 Å². The second-order valence-corrected chi connectivity index (χ2v) is 6.21. The van der Waals surface area contributed by atoms with Crippen molar-refractivity contribution in [3.8, 4) is 0 Å². The number of para-hydroxylation sites is 1. The minimum absolute atomic E-state index is 0.781. The van der Waals surface area contributed by atoms with Crippen LogP contribution in [0.15, 0.2) is 51.5 Å². The van der Waals surface area contributed by atoms with Gasteiger partial charge in [-0.2, -0.15) is 0 Å². The van der Waals surface area contributed by atoms with Crippen molar-refractivity contribution < 1.29 is 0 Å². The molecule has 20 heavy (non-hydrogen) atoms. The van der Waals surface area contributed by atoms with Gasteiger partial charge in [-0.25, -0.2) is 4.98 Å². The topological polar surface area (TPSA) is 37.8 Å². The Morgan fingerprint density at radius 2 is 1.90 bits per heavy atom. The van der Waals surface area contributed by atoms with E-state index in [-0.39, 0.29) is 0 Å². The van der Waals surface area contributed by atoms with Gasteiger partial charge in [-0.05, 0) is 57.0 Å². The lowest BCUT2D eigenvalue weighted by Gasteiger charge is -2.11. The Morgan fingerprint density at radius 1 is 1.10 bits per heavy atom. The monoisotopic (exact) mass is 391 g/mol. The Labute approximate surface area is 133 Å². The molecule has 0 spiro atoms. The smallest absolute Gasteiger partial charge is 0.144 e. The van der Waals surface area contributed by atoms with Crippen LogP contribution < -0.4 is 5.32 Å². The largest absolute Gasteiger partial charge is 0.339 e. The van der Waals surface area contributed by atoms with Gasteiger partial charge in [-0.15, -0.1) is 0 Å². The Balaban J connectivity index is 2.10. The number of hydrogen-bond acceptors (Lipinski definition) is 3. The molecule has 0 unspecified atom stereocenters. The molecule has 1 aromatic carbocycles. The van der Waals surface area contributed by atoms with Gasteiger partial charge < -0.3 is 5.32 Å². The van der Waals surface area contributed by atoms with Gasteiger partial charge in [0.25, 0.3) is 0 Å². The van der Waals surface area contributed by atoms with E-state index >= 15 is 0 Å². The highest BCUT2D eigenvalue weighted by atomic mass is 79.9. The van der Waals surface area contributed by atoms with Crippen LogP contribution in [0.4, 0.5) is 11.5 Å². The summed E-state index contributed by atoms with van der Waals surface area (Å²) < 4.78 is 1.84. The number of aromatic nitrogens is 2. The minimum Gasteiger partial charge on any atom is -0.339 e. The van der Waals surface area contributed by atoms with E-state index in [1.165, 1.54) is 0 Å². The predicted molar refractivity (Wildman–Crippen MR) is 89.4 cm³/mol. The number of nitrogens with zero attached hydrogens (tertiary/aromatic N) is 2. The van der Waals surface area contributed by atoms with Crippen LogP contribution in [-0.4, -0.2) is 9.97 Å². The van der Waals surface area contributed by atoms with Gasteiger partial charge in [0, 0.05) is 21.7 Å². The van der Waals surface area contributed by atoms with Crippen LogP contribution in [0.2, 0.25) is 0 Å². The third kappa shape index (κ3) is 2.69. The van der Waals surface area contributed by atoms with Crippen molar-refractivity contribution in [2.75, 3.05) is 5.32 Å². The molecule has 100 valence electrons. The van der Waals surface area contributed by atoms with E-state index in [1.807, 2.05) is 37.3 Å². The van der Waals surface area contributed by atoms with E-state index in [1.54, 1.807) is 6.20 Å². The van der Waals surface area contributed by atoms with E-state index in [2.05, 4.69) is 53.2 Å². The summed E-state index contributed by atoms with van der Waals surface area (Å²) in [4.78, 5) is 8.92. The molecule has 0 aliphatic carbocycles. The molecule has 1 N–H and O–H groups in total. The predicted octanol–water partition coefficient (Wildman–Crippen LogP) is 5.21. The number of pyridine rings is 2. The van der Waals surface area contributed by atoms with E-state index in [0.29, 0.717) is 0 Å². The molecule has 2 aromatic heterocycles. The highest BCUT2D eigenvalue weighted by Crippen LogP contribution is 2.30. The van der Waals surface area contributed by atoms with Gasteiger partial charge in [-0.3, -0.25) is 4.98 Å². The number of benzene rings is 1. The number of halogens is 2. The molecule has 2 heterocycles. The van der Waals surface area contributed by atoms with Crippen LogP contribution in [0.3, 0.4) is 0 Å². The van der Waals surface area contributed by atoms with Crippen LogP contribution >= 0.6 is 31.9 Å². The lowest BCUT2D eigenvalue weighted by Crippen LogP contribution is -1.97. The quantitative estimate of drug-likeness (QED) is 0.650. The summed E-state index contributed by atoms with van der Waals surface area (Å²) in [5.41, 5.74) is 2.95. The minimum atomic E-state index is 0.781. The number of aryl methyl sites for hydroxylation is 1. The van der Waals surface area contributed by atoms with Gasteiger partial charge in [0.1, 0.15) is 5.82 Å². The van der Waals surface area contributed by atoms with Crippen molar-refractivity contribution in [2.45, 2.75) is 6.92 Å². The first-order valence-electron chi connectivity index (χ1n) is 6.08. The molecule has 0 bridgehead atoms. The zero-order valence-corrected chi connectivity index (χ0v) is 13.9. The van der Waals surface area contributed by atoms with Crippen molar-refractivity contribution in [1.82, 2.24) is 9.97 Å². The SMILES string of the molecule is Cc1cc(Nc2ncc(Br)cc2Br)c2ccccc2n1. The number of fused-ring (bicyclic) bond motifs is 1. The van der Waals surface area contributed by atoms with Crippen LogP contribution in [0.25, 0.3) is 10.9 Å². The molecule has 0 saturated carbocycles. The van der Waals surface area contributed by atoms with Crippen molar-refractivity contribution in [2.24, 2.45) is 0 Å². The van der Waals surface area contributed by atoms with Crippen molar-refractivity contribution >= 4 is 54.3 Å². The van der Waals surface area contributed by atoms with Crippen molar-refractivity contribution in [1.29, 1.82) is 0 Å². The third-order valence-electron chi connectivity index (χ3n) is 2.91. The molecule has 0 radical (unpaired) electrons. The van der Waals surface area contributed by atoms with Crippen molar-refractivity contribution in [3.05, 3.63) is 57.2 Å². The molecular weight excluding hydrogens is 382 g/mol. The summed E-state index contributed by atoms with van der Waals surface area (Å²) in [5.74, 6) is 0.781. The van der Waals surface area contributed by atoms with E-state index < -0.39 is 0 Å². The summed E-state index contributed by atoms with van der Waals surface area (Å²) in [6.45, 7) is 1.99. The number of rotatable bonds is 2. The highest BCUT2D eigenvalue weighted by Gasteiger charge is 2.07. The van der Waals surface area contributed by atoms with E-state index in [0.717, 1.165) is 37.0 Å². The van der Waals surface area contributed by atoms with Crippen molar-refractivity contribution in [3.63, 3.8) is 0 Å². The van der Waals surface area contributed by atoms with E-state index in [9.17, 15) is 0 Å². The normalized spacial score (nSPS) is 10.8. The number of hydrogen-bond donors (Lipinski definition) is 1. The molecule has 0 fully saturated rings. The molecular formula is C15H11Br2N3. The molecule has 0 saturated heterocycles. The maximum atomic E-state index is 4.53. The summed E-state index contributed by atoms with van der Waals surface area (Å²) in [7, 11) is 0. The average Bonchev–Trinajstić information content (AvgIpc) is 2.41. The number of anilines is 2. The molecule has 0 amide bonds. The summed E-state index contributed by atoms with van der Waals surface area (Å²) in [6.07, 6.45) is 1.77. The Morgan fingerprint density at radius 3 is 2.70 bits per heavy atom. The lowest BCUT2D eigenvalue weighted by molar-refractivity contribution is 1.24. The number of nitrogens with one attached hydrogen (secondary N) is 1. The highest BCUT2D eigenvalue weighted by molar-refractivity contribution is 9.11. The van der Waals surface area contributed by atoms with E-state index in [4.69, 9.17) is 0 Å². The lowest BCUT2D eigenvalue weighted by atomic mass is 10.1. The van der Waals surface area contributed by atoms with Crippen LogP contribution in [0, 0.1) is 6.92 Å². The van der Waals surface area contributed by atoms with Crippen LogP contribution in [0.1, 0.15) is 5.69 Å².